The van der Waals surface area contributed by atoms with Gasteiger partial charge in [0.25, 0.3) is 5.91 Å². The van der Waals surface area contributed by atoms with E-state index in [9.17, 15) is 4.79 Å². The molecule has 2 heterocycles. The van der Waals surface area contributed by atoms with E-state index in [-0.39, 0.29) is 11.9 Å². The number of carbonyl (C=O) groups excluding carboxylic acids is 1. The predicted octanol–water partition coefficient (Wildman–Crippen LogP) is 2.62. The second-order valence-corrected chi connectivity index (χ2v) is 6.39. The molecular weight excluding hydrogens is 330 g/mol. The fraction of sp³-hybridized carbons (Fsp3) is 0.400. The molecule has 1 amide bonds. The second-order valence-electron chi connectivity index (χ2n) is 6.39. The highest BCUT2D eigenvalue weighted by Gasteiger charge is 2.26. The van der Waals surface area contributed by atoms with Crippen LogP contribution in [0.4, 0.5) is 0 Å². The van der Waals surface area contributed by atoms with Crippen molar-refractivity contribution in [3.05, 3.63) is 53.9 Å². The highest BCUT2D eigenvalue weighted by molar-refractivity contribution is 5.95. The Balaban J connectivity index is 1.65. The van der Waals surface area contributed by atoms with Gasteiger partial charge in [-0.05, 0) is 30.7 Å². The van der Waals surface area contributed by atoms with Crippen molar-refractivity contribution >= 4 is 5.91 Å². The second kappa shape index (κ2) is 8.19. The molecule has 0 bridgehead atoms. The quantitative estimate of drug-likeness (QED) is 0.825. The van der Waals surface area contributed by atoms with Crippen LogP contribution in [0.5, 0.6) is 11.5 Å². The first-order valence-electron chi connectivity index (χ1n) is 8.78. The molecule has 6 heteroatoms. The molecule has 0 radical (unpaired) electrons. The largest absolute Gasteiger partial charge is 0.497 e. The summed E-state index contributed by atoms with van der Waals surface area (Å²) in [5.41, 5.74) is 1.79. The highest BCUT2D eigenvalue weighted by atomic mass is 16.5. The molecule has 1 saturated heterocycles. The lowest BCUT2D eigenvalue weighted by Gasteiger charge is -2.38. The van der Waals surface area contributed by atoms with E-state index in [1.807, 2.05) is 17.2 Å². The summed E-state index contributed by atoms with van der Waals surface area (Å²) in [6, 6.07) is 9.63. The van der Waals surface area contributed by atoms with Crippen LogP contribution in [0.25, 0.3) is 0 Å². The molecule has 1 unspecified atom stereocenters. The number of piperazine rings is 1. The molecule has 0 spiro atoms. The van der Waals surface area contributed by atoms with Gasteiger partial charge in [-0.2, -0.15) is 0 Å². The summed E-state index contributed by atoms with van der Waals surface area (Å²) >= 11 is 0. The van der Waals surface area contributed by atoms with E-state index in [1.54, 1.807) is 38.6 Å². The van der Waals surface area contributed by atoms with Crippen LogP contribution in [0.2, 0.25) is 0 Å². The fourth-order valence-corrected chi connectivity index (χ4v) is 3.26. The first-order chi connectivity index (χ1) is 12.6. The molecule has 1 aliphatic heterocycles. The smallest absolute Gasteiger partial charge is 0.254 e. The summed E-state index contributed by atoms with van der Waals surface area (Å²) in [6.45, 7) is 5.25. The Morgan fingerprint density at radius 3 is 2.27 bits per heavy atom. The normalized spacial score (nSPS) is 16.2. The van der Waals surface area contributed by atoms with Crippen molar-refractivity contribution < 1.29 is 14.3 Å². The third-order valence-electron chi connectivity index (χ3n) is 4.91. The topological polar surface area (TPSA) is 54.9 Å². The number of nitrogens with zero attached hydrogens (tertiary/aromatic N) is 3. The molecule has 1 fully saturated rings. The Morgan fingerprint density at radius 1 is 1.08 bits per heavy atom. The molecule has 1 aromatic carbocycles. The van der Waals surface area contributed by atoms with Gasteiger partial charge >= 0.3 is 0 Å². The van der Waals surface area contributed by atoms with Gasteiger partial charge in [-0.25, -0.2) is 0 Å². The Morgan fingerprint density at radius 2 is 1.73 bits per heavy atom. The zero-order valence-corrected chi connectivity index (χ0v) is 15.5. The highest BCUT2D eigenvalue weighted by Crippen LogP contribution is 2.25. The first kappa shape index (κ1) is 18.2. The minimum atomic E-state index is 0.0101. The zero-order valence-electron chi connectivity index (χ0n) is 15.5. The van der Waals surface area contributed by atoms with Crippen LogP contribution in [0.3, 0.4) is 0 Å². The third-order valence-corrected chi connectivity index (χ3v) is 4.91. The van der Waals surface area contributed by atoms with Gasteiger partial charge in [-0.3, -0.25) is 14.7 Å². The van der Waals surface area contributed by atoms with Gasteiger partial charge < -0.3 is 14.4 Å². The number of ether oxygens (including phenoxy) is 2. The van der Waals surface area contributed by atoms with Crippen LogP contribution >= 0.6 is 0 Å². The van der Waals surface area contributed by atoms with Gasteiger partial charge in [0.1, 0.15) is 11.5 Å². The number of amides is 1. The Labute approximate surface area is 154 Å². The molecule has 1 aromatic heterocycles. The van der Waals surface area contributed by atoms with Crippen molar-refractivity contribution in [3.8, 4) is 11.5 Å². The first-order valence-corrected chi connectivity index (χ1v) is 8.78. The maximum atomic E-state index is 12.9. The number of benzene rings is 1. The fourth-order valence-electron chi connectivity index (χ4n) is 3.26. The summed E-state index contributed by atoms with van der Waals surface area (Å²) in [6.07, 6.45) is 3.69. The number of carbonyl (C=O) groups is 1. The van der Waals surface area contributed by atoms with Crippen LogP contribution < -0.4 is 9.47 Å². The van der Waals surface area contributed by atoms with Gasteiger partial charge in [-0.15, -0.1) is 0 Å². The van der Waals surface area contributed by atoms with Crippen LogP contribution in [0.1, 0.15) is 28.9 Å². The minimum absolute atomic E-state index is 0.0101. The van der Waals surface area contributed by atoms with Crippen molar-refractivity contribution in [1.29, 1.82) is 0 Å². The van der Waals surface area contributed by atoms with Gasteiger partial charge in [-0.1, -0.05) is 6.07 Å². The summed E-state index contributed by atoms with van der Waals surface area (Å²) in [5.74, 6) is 1.25. The molecule has 1 atom stereocenters. The molecule has 1 aliphatic rings. The van der Waals surface area contributed by atoms with E-state index in [0.717, 1.165) is 13.1 Å². The number of rotatable bonds is 5. The number of hydrogen-bond donors (Lipinski definition) is 0. The number of pyridine rings is 1. The molecule has 0 aliphatic carbocycles. The standard InChI is InChI=1S/C20H25N3O3/c1-15(16-5-4-6-21-14-16)22-7-9-23(10-8-22)20(24)17-11-18(25-2)13-19(12-17)26-3/h4-6,11-15H,7-10H2,1-3H3. The third kappa shape index (κ3) is 3.96. The molecule has 6 nitrogen and oxygen atoms in total. The predicted molar refractivity (Wildman–Crippen MR) is 99.7 cm³/mol. The van der Waals surface area contributed by atoms with Crippen molar-refractivity contribution in [3.63, 3.8) is 0 Å². The van der Waals surface area contributed by atoms with Gasteiger partial charge in [0, 0.05) is 56.2 Å². The van der Waals surface area contributed by atoms with Crippen molar-refractivity contribution in [2.24, 2.45) is 0 Å². The van der Waals surface area contributed by atoms with E-state index in [0.29, 0.717) is 30.2 Å². The number of hydrogen-bond acceptors (Lipinski definition) is 5. The van der Waals surface area contributed by atoms with E-state index < -0.39 is 0 Å². The van der Waals surface area contributed by atoms with Crippen LogP contribution in [-0.2, 0) is 0 Å². The minimum Gasteiger partial charge on any atom is -0.497 e. The molecule has 0 N–H and O–H groups in total. The van der Waals surface area contributed by atoms with Crippen molar-refractivity contribution in [2.45, 2.75) is 13.0 Å². The summed E-state index contributed by atoms with van der Waals surface area (Å²) in [5, 5.41) is 0. The summed E-state index contributed by atoms with van der Waals surface area (Å²) in [4.78, 5) is 21.3. The van der Waals surface area contributed by atoms with E-state index in [1.165, 1.54) is 5.56 Å². The van der Waals surface area contributed by atoms with E-state index in [2.05, 4.69) is 22.9 Å². The summed E-state index contributed by atoms with van der Waals surface area (Å²) in [7, 11) is 3.17. The molecule has 0 saturated carbocycles. The van der Waals surface area contributed by atoms with Gasteiger partial charge in [0.15, 0.2) is 0 Å². The van der Waals surface area contributed by atoms with Crippen molar-refractivity contribution in [1.82, 2.24) is 14.8 Å². The molecule has 3 rings (SSSR count). The maximum Gasteiger partial charge on any atom is 0.254 e. The Bertz CT molecular complexity index is 721. The molecular formula is C20H25N3O3. The Kier molecular flexibility index (Phi) is 5.73. The lowest BCUT2D eigenvalue weighted by molar-refractivity contribution is 0.0581. The van der Waals surface area contributed by atoms with Gasteiger partial charge in [0.05, 0.1) is 14.2 Å². The average molecular weight is 355 g/mol. The van der Waals surface area contributed by atoms with E-state index in [4.69, 9.17) is 9.47 Å². The molecule has 138 valence electrons. The summed E-state index contributed by atoms with van der Waals surface area (Å²) < 4.78 is 10.5. The van der Waals surface area contributed by atoms with Crippen LogP contribution in [0.15, 0.2) is 42.7 Å². The number of aromatic nitrogens is 1. The zero-order chi connectivity index (χ0) is 18.5. The monoisotopic (exact) mass is 355 g/mol. The lowest BCUT2D eigenvalue weighted by atomic mass is 10.1. The number of methoxy groups -OCH3 is 2. The SMILES string of the molecule is COc1cc(OC)cc(C(=O)N2CCN(C(C)c3cccnc3)CC2)c1. The van der Waals surface area contributed by atoms with E-state index >= 15 is 0 Å². The van der Waals surface area contributed by atoms with Gasteiger partial charge in [0.2, 0.25) is 0 Å². The van der Waals surface area contributed by atoms with Crippen LogP contribution in [0, 0.1) is 0 Å². The van der Waals surface area contributed by atoms with Crippen LogP contribution in [-0.4, -0.2) is 61.1 Å². The molecule has 2 aromatic rings. The lowest BCUT2D eigenvalue weighted by Crippen LogP contribution is -2.49. The van der Waals surface area contributed by atoms with Crippen molar-refractivity contribution in [2.75, 3.05) is 40.4 Å². The Hall–Kier alpha value is -2.60. The average Bonchev–Trinajstić information content (AvgIpc) is 2.73. The molecule has 26 heavy (non-hydrogen) atoms. The maximum absolute atomic E-state index is 12.9.